The molecular formula is C28H31ClN2O5S. The number of carbonyl (C=O) groups is 1. The summed E-state index contributed by atoms with van der Waals surface area (Å²) in [5.41, 5.74) is 4.00. The minimum absolute atomic E-state index is 0.0318. The van der Waals surface area contributed by atoms with E-state index in [2.05, 4.69) is 17.4 Å². The topological polar surface area (TPSA) is 84.9 Å². The van der Waals surface area contributed by atoms with Gasteiger partial charge < -0.3 is 14.8 Å². The largest absolute Gasteiger partial charge is 0.493 e. The molecule has 0 aromatic heterocycles. The highest BCUT2D eigenvalue weighted by molar-refractivity contribution is 7.92. The Kier molecular flexibility index (Phi) is 8.29. The summed E-state index contributed by atoms with van der Waals surface area (Å²) in [4.78, 5) is 13.1. The minimum atomic E-state index is -4.14. The Morgan fingerprint density at radius 3 is 2.30 bits per heavy atom. The lowest BCUT2D eigenvalue weighted by Gasteiger charge is -2.26. The minimum Gasteiger partial charge on any atom is -0.493 e. The Bertz CT molecular complexity index is 1380. The van der Waals surface area contributed by atoms with Crippen LogP contribution in [0.25, 0.3) is 0 Å². The van der Waals surface area contributed by atoms with Crippen molar-refractivity contribution in [1.82, 2.24) is 5.32 Å². The number of amides is 1. The summed E-state index contributed by atoms with van der Waals surface area (Å²) < 4.78 is 39.1. The number of hydrogen-bond acceptors (Lipinski definition) is 5. The summed E-state index contributed by atoms with van der Waals surface area (Å²) in [7, 11) is -1.23. The first-order valence-electron chi connectivity index (χ1n) is 12.1. The smallest absolute Gasteiger partial charge is 0.264 e. The Hall–Kier alpha value is -3.23. The number of aryl methyl sites for hydroxylation is 2. The normalized spacial score (nSPS) is 13.8. The van der Waals surface area contributed by atoms with Crippen LogP contribution in [0.5, 0.6) is 11.5 Å². The molecule has 1 atom stereocenters. The number of fused-ring (bicyclic) bond motifs is 1. The van der Waals surface area contributed by atoms with E-state index in [1.54, 1.807) is 24.3 Å². The van der Waals surface area contributed by atoms with Crippen LogP contribution in [0.2, 0.25) is 5.02 Å². The van der Waals surface area contributed by atoms with E-state index in [1.165, 1.54) is 56.4 Å². The van der Waals surface area contributed by atoms with Gasteiger partial charge in [0.1, 0.15) is 6.54 Å². The predicted octanol–water partition coefficient (Wildman–Crippen LogP) is 5.31. The Morgan fingerprint density at radius 2 is 1.62 bits per heavy atom. The molecule has 1 aliphatic carbocycles. The van der Waals surface area contributed by atoms with E-state index < -0.39 is 22.5 Å². The lowest BCUT2D eigenvalue weighted by Crippen LogP contribution is -2.41. The number of nitrogens with zero attached hydrogens (tertiary/aromatic N) is 1. The first-order chi connectivity index (χ1) is 17.7. The Morgan fingerprint density at radius 1 is 0.946 bits per heavy atom. The van der Waals surface area contributed by atoms with Crippen molar-refractivity contribution in [1.29, 1.82) is 0 Å². The van der Waals surface area contributed by atoms with Crippen LogP contribution in [0.4, 0.5) is 5.69 Å². The van der Waals surface area contributed by atoms with E-state index in [-0.39, 0.29) is 16.7 Å². The maximum absolute atomic E-state index is 13.8. The fourth-order valence-electron chi connectivity index (χ4n) is 4.55. The van der Waals surface area contributed by atoms with Crippen molar-refractivity contribution in [3.05, 3.63) is 82.4 Å². The fourth-order valence-corrected chi connectivity index (χ4v) is 6.11. The van der Waals surface area contributed by atoms with Crippen molar-refractivity contribution in [3.63, 3.8) is 0 Å². The first-order valence-corrected chi connectivity index (χ1v) is 14.0. The number of carbonyl (C=O) groups excluding carboxylic acids is 1. The van der Waals surface area contributed by atoms with Crippen molar-refractivity contribution in [2.24, 2.45) is 0 Å². The monoisotopic (exact) mass is 542 g/mol. The van der Waals surface area contributed by atoms with E-state index in [1.807, 2.05) is 13.0 Å². The van der Waals surface area contributed by atoms with Gasteiger partial charge in [-0.05, 0) is 85.7 Å². The average Bonchev–Trinajstić information content (AvgIpc) is 2.91. The number of anilines is 1. The number of halogens is 1. The molecule has 0 saturated heterocycles. The third kappa shape index (κ3) is 6.02. The standard InChI is InChI=1S/C28H31ClN2O5S/c1-19(21-9-8-20-6-4-5-7-22(20)16-21)30-28(32)18-31(24-12-10-23(29)11-13-24)37(33,34)25-14-15-26(35-2)27(17-25)36-3/h8-17,19H,4-7,18H2,1-3H3,(H,30,32)/t19-/m1/s1. The molecule has 1 N–H and O–H groups in total. The number of sulfonamides is 1. The third-order valence-corrected chi connectivity index (χ3v) is 8.62. The number of benzene rings is 3. The molecule has 0 heterocycles. The molecule has 0 bridgehead atoms. The fraction of sp³-hybridized carbons (Fsp3) is 0.321. The van der Waals surface area contributed by atoms with Crippen molar-refractivity contribution in [2.75, 3.05) is 25.1 Å². The summed E-state index contributed by atoms with van der Waals surface area (Å²) in [5.74, 6) is 0.241. The molecule has 0 spiro atoms. The van der Waals surface area contributed by atoms with Gasteiger partial charge in [-0.3, -0.25) is 9.10 Å². The molecule has 0 aliphatic heterocycles. The average molecular weight is 543 g/mol. The summed E-state index contributed by atoms with van der Waals surface area (Å²) in [5, 5.41) is 3.42. The highest BCUT2D eigenvalue weighted by Gasteiger charge is 2.29. The summed E-state index contributed by atoms with van der Waals surface area (Å²) in [6, 6.07) is 16.7. The van der Waals surface area contributed by atoms with Gasteiger partial charge in [-0.2, -0.15) is 0 Å². The second kappa shape index (κ2) is 11.4. The van der Waals surface area contributed by atoms with Crippen molar-refractivity contribution >= 4 is 33.2 Å². The molecule has 0 fully saturated rings. The first kappa shape index (κ1) is 26.8. The van der Waals surface area contributed by atoms with Gasteiger partial charge in [-0.1, -0.05) is 29.8 Å². The molecule has 3 aromatic carbocycles. The number of nitrogens with one attached hydrogen (secondary N) is 1. The van der Waals surface area contributed by atoms with Crippen LogP contribution in [0.15, 0.2) is 65.6 Å². The molecule has 37 heavy (non-hydrogen) atoms. The highest BCUT2D eigenvalue weighted by Crippen LogP contribution is 2.32. The van der Waals surface area contributed by atoms with Gasteiger partial charge in [-0.15, -0.1) is 0 Å². The third-order valence-electron chi connectivity index (χ3n) is 6.59. The molecule has 1 aliphatic rings. The second-order valence-electron chi connectivity index (χ2n) is 9.03. The van der Waals surface area contributed by atoms with E-state index in [0.717, 1.165) is 22.7 Å². The molecular weight excluding hydrogens is 512 g/mol. The van der Waals surface area contributed by atoms with Crippen LogP contribution in [-0.2, 0) is 27.7 Å². The van der Waals surface area contributed by atoms with Crippen molar-refractivity contribution in [2.45, 2.75) is 43.5 Å². The Labute approximate surface area is 223 Å². The van der Waals surface area contributed by atoms with Gasteiger partial charge in [0.15, 0.2) is 11.5 Å². The molecule has 196 valence electrons. The van der Waals surface area contributed by atoms with Crippen molar-refractivity contribution < 1.29 is 22.7 Å². The van der Waals surface area contributed by atoms with Crippen LogP contribution in [0, 0.1) is 0 Å². The van der Waals surface area contributed by atoms with Crippen molar-refractivity contribution in [3.8, 4) is 11.5 Å². The molecule has 9 heteroatoms. The highest BCUT2D eigenvalue weighted by atomic mass is 35.5. The summed E-state index contributed by atoms with van der Waals surface area (Å²) in [6.45, 7) is 1.49. The summed E-state index contributed by atoms with van der Waals surface area (Å²) >= 11 is 6.04. The quantitative estimate of drug-likeness (QED) is 0.396. The molecule has 7 nitrogen and oxygen atoms in total. The molecule has 3 aromatic rings. The number of rotatable bonds is 9. The molecule has 0 unspecified atom stereocenters. The van der Waals surface area contributed by atoms with Gasteiger partial charge in [0.25, 0.3) is 10.0 Å². The Balaban J connectivity index is 1.60. The van der Waals surface area contributed by atoms with Gasteiger partial charge in [0.05, 0.1) is 30.8 Å². The van der Waals surface area contributed by atoms with Gasteiger partial charge in [0.2, 0.25) is 5.91 Å². The van der Waals surface area contributed by atoms with Crippen LogP contribution in [0.1, 0.15) is 42.5 Å². The zero-order valence-corrected chi connectivity index (χ0v) is 22.7. The molecule has 1 amide bonds. The summed E-state index contributed by atoms with van der Waals surface area (Å²) in [6.07, 6.45) is 4.49. The van der Waals surface area contributed by atoms with E-state index >= 15 is 0 Å². The van der Waals surface area contributed by atoms with Crippen LogP contribution >= 0.6 is 11.6 Å². The van der Waals surface area contributed by atoms with Gasteiger partial charge in [-0.25, -0.2) is 8.42 Å². The van der Waals surface area contributed by atoms with Crippen LogP contribution in [0.3, 0.4) is 0 Å². The number of hydrogen-bond donors (Lipinski definition) is 1. The zero-order chi connectivity index (χ0) is 26.6. The second-order valence-corrected chi connectivity index (χ2v) is 11.3. The van der Waals surface area contributed by atoms with E-state index in [4.69, 9.17) is 21.1 Å². The SMILES string of the molecule is COc1ccc(S(=O)(=O)N(CC(=O)N[C@H](C)c2ccc3c(c2)CCCC3)c2ccc(Cl)cc2)cc1OC. The number of ether oxygens (including phenoxy) is 2. The number of methoxy groups -OCH3 is 2. The molecule has 0 saturated carbocycles. The van der Waals surface area contributed by atoms with Gasteiger partial charge >= 0.3 is 0 Å². The van der Waals surface area contributed by atoms with Gasteiger partial charge in [0, 0.05) is 11.1 Å². The molecule has 4 rings (SSSR count). The van der Waals surface area contributed by atoms with Crippen LogP contribution < -0.4 is 19.1 Å². The predicted molar refractivity (Wildman–Crippen MR) is 145 cm³/mol. The van der Waals surface area contributed by atoms with E-state index in [0.29, 0.717) is 16.5 Å². The van der Waals surface area contributed by atoms with Crippen LogP contribution in [-0.4, -0.2) is 35.1 Å². The lowest BCUT2D eigenvalue weighted by atomic mass is 9.89. The maximum atomic E-state index is 13.8. The molecule has 0 radical (unpaired) electrons. The zero-order valence-electron chi connectivity index (χ0n) is 21.2. The maximum Gasteiger partial charge on any atom is 0.264 e. The lowest BCUT2D eigenvalue weighted by molar-refractivity contribution is -0.120. The van der Waals surface area contributed by atoms with E-state index in [9.17, 15) is 13.2 Å².